The van der Waals surface area contributed by atoms with Gasteiger partial charge in [-0.2, -0.15) is 57.1 Å². The molecule has 0 fully saturated rings. The summed E-state index contributed by atoms with van der Waals surface area (Å²) in [5.41, 5.74) is 6.24. The quantitative estimate of drug-likeness (QED) is 0.166. The van der Waals surface area contributed by atoms with Crippen molar-refractivity contribution in [3.63, 3.8) is 0 Å². The molecule has 6 nitrogen and oxygen atoms in total. The predicted molar refractivity (Wildman–Crippen MR) is 167 cm³/mol. The van der Waals surface area contributed by atoms with Crippen LogP contribution in [0.3, 0.4) is 0 Å². The van der Waals surface area contributed by atoms with E-state index in [9.17, 15) is 0 Å². The summed E-state index contributed by atoms with van der Waals surface area (Å²) in [6.07, 6.45) is 3.96. The molecule has 212 valence electrons. The van der Waals surface area contributed by atoms with Crippen LogP contribution in [0.25, 0.3) is 42.4 Å². The minimum atomic E-state index is -0.411. The summed E-state index contributed by atoms with van der Waals surface area (Å²) < 4.78 is 5.98. The van der Waals surface area contributed by atoms with Gasteiger partial charge in [0.15, 0.2) is 0 Å². The van der Waals surface area contributed by atoms with Crippen LogP contribution < -0.4 is 0 Å². The summed E-state index contributed by atoms with van der Waals surface area (Å²) >= 11 is 3.40. The zero-order valence-electron chi connectivity index (χ0n) is 23.8. The van der Waals surface area contributed by atoms with Crippen molar-refractivity contribution < 1.29 is 21.1 Å². The first-order valence-electron chi connectivity index (χ1n) is 13.5. The fraction of sp³-hybridized carbons (Fsp3) is 0.212. The molecule has 0 atom stereocenters. The summed E-state index contributed by atoms with van der Waals surface area (Å²) in [7, 11) is 0. The van der Waals surface area contributed by atoms with Gasteiger partial charge in [0.1, 0.15) is 5.01 Å². The largest absolute Gasteiger partial charge is 2.00 e. The molecule has 0 unspecified atom stereocenters. The Bertz CT molecular complexity index is 2020. The summed E-state index contributed by atoms with van der Waals surface area (Å²) in [5.74, 6) is 0. The first kappa shape index (κ1) is 28.7. The molecule has 0 saturated heterocycles. The van der Waals surface area contributed by atoms with Gasteiger partial charge in [-0.25, -0.2) is 0 Å². The average Bonchev–Trinajstić information content (AvgIpc) is 3.77. The first-order chi connectivity index (χ1) is 19.6. The fourth-order valence-electron chi connectivity index (χ4n) is 4.73. The summed E-state index contributed by atoms with van der Waals surface area (Å²) in [6, 6.07) is 29.3. The van der Waals surface area contributed by atoms with E-state index in [0.29, 0.717) is 0 Å². The zero-order valence-corrected chi connectivity index (χ0v) is 27.7. The van der Waals surface area contributed by atoms with Crippen LogP contribution in [0.2, 0.25) is 0 Å². The Hall–Kier alpha value is -3.45. The molecule has 0 radical (unpaired) electrons. The molecule has 4 heterocycles. The monoisotopic (exact) mass is 767 g/mol. The van der Waals surface area contributed by atoms with Crippen molar-refractivity contribution in [2.75, 3.05) is 0 Å². The third-order valence-electron chi connectivity index (χ3n) is 7.23. The number of aromatic nitrogens is 6. The molecular formula is C33H28N6PtS2. The zero-order chi connectivity index (χ0) is 28.4. The van der Waals surface area contributed by atoms with Gasteiger partial charge in [-0.1, -0.05) is 60.5 Å². The maximum Gasteiger partial charge on any atom is 2.00 e. The maximum atomic E-state index is 4.94. The van der Waals surface area contributed by atoms with Gasteiger partial charge in [0, 0.05) is 23.4 Å². The molecule has 0 N–H and O–H groups in total. The maximum absolute atomic E-state index is 4.94. The second-order valence-electron chi connectivity index (χ2n) is 11.7. The molecular weight excluding hydrogens is 740 g/mol. The van der Waals surface area contributed by atoms with Crippen LogP contribution in [-0.4, -0.2) is 29.5 Å². The molecule has 0 amide bonds. The van der Waals surface area contributed by atoms with Gasteiger partial charge in [0.25, 0.3) is 0 Å². The third kappa shape index (κ3) is 5.17. The van der Waals surface area contributed by atoms with E-state index in [2.05, 4.69) is 77.1 Å². The molecule has 42 heavy (non-hydrogen) atoms. The Morgan fingerprint density at radius 3 is 1.81 bits per heavy atom. The van der Waals surface area contributed by atoms with E-state index in [4.69, 9.17) is 20.2 Å². The van der Waals surface area contributed by atoms with Gasteiger partial charge < -0.3 is 0 Å². The van der Waals surface area contributed by atoms with E-state index in [1.165, 1.54) is 0 Å². The van der Waals surface area contributed by atoms with Crippen LogP contribution >= 0.6 is 22.7 Å². The minimum absolute atomic E-state index is 0. The first-order valence-corrected chi connectivity index (χ1v) is 15.1. The summed E-state index contributed by atoms with van der Waals surface area (Å²) in [5, 5.41) is 12.0. The van der Waals surface area contributed by atoms with Crippen molar-refractivity contribution in [2.24, 2.45) is 0 Å². The van der Waals surface area contributed by atoms with Crippen molar-refractivity contribution in [1.82, 2.24) is 29.5 Å². The smallest absolute Gasteiger partial charge is 0.268 e. The van der Waals surface area contributed by atoms with Crippen LogP contribution in [0.15, 0.2) is 79.1 Å². The Morgan fingerprint density at radius 1 is 0.690 bits per heavy atom. The standard InChI is InChI=1S/C33H28N6S2.Pt/c1-32(2,3)31-35-25-20-23(12-14-27(25)41-31)39-18-16-29(37-39)33(4,5)28-15-17-38(36-28)22-11-13-26-24(19-22)34-30(40-26)21-9-7-6-8-10-21;/h6-10,13-20H,1-5H3;/q-2;+2. The molecule has 0 saturated carbocycles. The average molecular weight is 768 g/mol. The molecule has 7 aromatic rings. The van der Waals surface area contributed by atoms with Gasteiger partial charge in [-0.15, -0.1) is 12.1 Å². The molecule has 0 aliphatic heterocycles. The second-order valence-corrected chi connectivity index (χ2v) is 13.8. The SMILES string of the molecule is CC(C)(C)c1nc2cc(-n3ccc(C(C)(C)c4ccn(-c5[c-]cc6sc(-c7ccccc7)nc6c5)n4)n3)[c-]cc2s1.[Pt+2]. The Morgan fingerprint density at radius 2 is 1.24 bits per heavy atom. The summed E-state index contributed by atoms with van der Waals surface area (Å²) in [6.45, 7) is 10.9. The Labute approximate surface area is 267 Å². The van der Waals surface area contributed by atoms with Gasteiger partial charge in [-0.3, -0.25) is 19.3 Å². The Balaban J connectivity index is 0.00000316. The van der Waals surface area contributed by atoms with E-state index in [0.717, 1.165) is 58.8 Å². The second kappa shape index (κ2) is 10.7. The van der Waals surface area contributed by atoms with Crippen molar-refractivity contribution >= 4 is 43.1 Å². The van der Waals surface area contributed by atoms with E-state index in [-0.39, 0.29) is 26.5 Å². The van der Waals surface area contributed by atoms with Crippen LogP contribution in [0, 0.1) is 12.1 Å². The van der Waals surface area contributed by atoms with E-state index in [1.807, 2.05) is 58.2 Å². The predicted octanol–water partition coefficient (Wildman–Crippen LogP) is 8.17. The number of thiazole rings is 2. The number of benzene rings is 3. The van der Waals surface area contributed by atoms with E-state index < -0.39 is 5.41 Å². The number of nitrogens with zero attached hydrogens (tertiary/aromatic N) is 6. The number of rotatable bonds is 5. The Kier molecular flexibility index (Phi) is 7.28. The van der Waals surface area contributed by atoms with Crippen molar-refractivity contribution in [2.45, 2.75) is 45.4 Å². The topological polar surface area (TPSA) is 61.4 Å². The van der Waals surface area contributed by atoms with E-state index in [1.54, 1.807) is 22.7 Å². The number of hydrogen-bond donors (Lipinski definition) is 0. The number of hydrogen-bond acceptors (Lipinski definition) is 6. The van der Waals surface area contributed by atoms with Crippen LogP contribution in [-0.2, 0) is 31.9 Å². The van der Waals surface area contributed by atoms with E-state index >= 15 is 0 Å². The van der Waals surface area contributed by atoms with Crippen LogP contribution in [0.4, 0.5) is 0 Å². The molecule has 0 spiro atoms. The van der Waals surface area contributed by atoms with Crippen molar-refractivity contribution in [3.8, 4) is 21.9 Å². The molecule has 0 aliphatic rings. The third-order valence-corrected chi connectivity index (χ3v) is 9.74. The van der Waals surface area contributed by atoms with Gasteiger partial charge in [0.05, 0.1) is 21.8 Å². The van der Waals surface area contributed by atoms with Gasteiger partial charge >= 0.3 is 21.1 Å². The molecule has 0 bridgehead atoms. The van der Waals surface area contributed by atoms with Crippen molar-refractivity contribution in [1.29, 1.82) is 0 Å². The van der Waals surface area contributed by atoms with Crippen LogP contribution in [0.5, 0.6) is 0 Å². The molecule has 0 aliphatic carbocycles. The fourth-order valence-corrected chi connectivity index (χ4v) is 6.64. The molecule has 3 aromatic carbocycles. The van der Waals surface area contributed by atoms with Crippen LogP contribution in [0.1, 0.15) is 51.0 Å². The van der Waals surface area contributed by atoms with Crippen molar-refractivity contribution in [3.05, 3.63) is 108 Å². The van der Waals surface area contributed by atoms with Gasteiger partial charge in [0.2, 0.25) is 0 Å². The molecule has 4 aromatic heterocycles. The normalized spacial score (nSPS) is 12.2. The number of fused-ring (bicyclic) bond motifs is 2. The molecule has 7 rings (SSSR count). The summed E-state index contributed by atoms with van der Waals surface area (Å²) in [4.78, 5) is 9.75. The molecule has 9 heteroatoms. The minimum Gasteiger partial charge on any atom is -0.268 e. The van der Waals surface area contributed by atoms with Gasteiger partial charge in [-0.05, 0) is 48.4 Å².